The Balaban J connectivity index is 1.22. The number of aliphatic hydroxyl groups is 8. The van der Waals surface area contributed by atoms with Crippen molar-refractivity contribution in [2.75, 3.05) is 23.9 Å². The van der Waals surface area contributed by atoms with Gasteiger partial charge in [-0.1, -0.05) is 54.6 Å². The molecule has 4 unspecified atom stereocenters. The molecule has 0 aromatic heterocycles. The van der Waals surface area contributed by atoms with Crippen LogP contribution in [0, 0.1) is 11.7 Å². The molecule has 0 bridgehead atoms. The molecule has 61 heavy (non-hydrogen) atoms. The molecule has 3 aliphatic heterocycles. The lowest BCUT2D eigenvalue weighted by Gasteiger charge is -2.48. The molecule has 3 saturated heterocycles. The number of hydrogen-bond donors (Lipinski definition) is 9. The zero-order valence-electron chi connectivity index (χ0n) is 32.5. The molecule has 9 N–H and O–H groups in total. The first-order valence-electron chi connectivity index (χ1n) is 19.7. The van der Waals surface area contributed by atoms with Gasteiger partial charge >= 0.3 is 0 Å². The number of para-hydroxylation sites is 1. The first-order chi connectivity index (χ1) is 29.1. The van der Waals surface area contributed by atoms with Crippen LogP contribution < -0.4 is 4.90 Å². The van der Waals surface area contributed by atoms with Crippen molar-refractivity contribution >= 4 is 21.4 Å². The zero-order chi connectivity index (χ0) is 43.7. The number of aromatic hydroxyl groups is 1. The van der Waals surface area contributed by atoms with Gasteiger partial charge in [0.15, 0.2) is 16.1 Å². The average Bonchev–Trinajstić information content (AvgIpc) is 3.25. The fourth-order valence-corrected chi connectivity index (χ4v) is 10.0. The molecular formula is C43H48FNO15S. The molecule has 7 rings (SSSR count). The van der Waals surface area contributed by atoms with E-state index >= 15 is 0 Å². The summed E-state index contributed by atoms with van der Waals surface area (Å²) in [5.41, 5.74) is 1.90. The number of carbonyl (C=O) groups excluding carboxylic acids is 1. The van der Waals surface area contributed by atoms with E-state index in [0.717, 1.165) is 0 Å². The Kier molecular flexibility index (Phi) is 13.5. The summed E-state index contributed by atoms with van der Waals surface area (Å²) in [7, 11) is -4.60. The molecule has 16 nitrogen and oxygen atoms in total. The fraction of sp³-hybridized carbons (Fsp3) is 0.419. The molecule has 3 aliphatic rings. The number of hydrogen-bond acceptors (Lipinski definition) is 15. The summed E-state index contributed by atoms with van der Waals surface area (Å²) < 4.78 is 60.2. The van der Waals surface area contributed by atoms with Crippen LogP contribution >= 0.6 is 0 Å². The number of anilines is 1. The van der Waals surface area contributed by atoms with E-state index in [4.69, 9.17) is 14.2 Å². The Morgan fingerprint density at radius 2 is 1.41 bits per heavy atom. The van der Waals surface area contributed by atoms with Crippen LogP contribution in [0.1, 0.15) is 36.1 Å². The maximum atomic E-state index is 14.8. The van der Waals surface area contributed by atoms with Crippen molar-refractivity contribution in [1.29, 1.82) is 0 Å². The van der Waals surface area contributed by atoms with Crippen LogP contribution in [-0.4, -0.2) is 140 Å². The first kappa shape index (κ1) is 44.6. The van der Waals surface area contributed by atoms with E-state index in [-0.39, 0.29) is 35.0 Å². The molecule has 18 heteroatoms. The van der Waals surface area contributed by atoms with E-state index in [9.17, 15) is 63.6 Å². The number of phenols is 1. The van der Waals surface area contributed by atoms with Crippen LogP contribution in [-0.2, 0) is 28.8 Å². The molecule has 0 saturated carbocycles. The van der Waals surface area contributed by atoms with Gasteiger partial charge in [-0.15, -0.1) is 0 Å². The highest BCUT2D eigenvalue weighted by Crippen LogP contribution is 2.49. The number of rotatable bonds is 14. The minimum absolute atomic E-state index is 0.0690. The average molecular weight is 870 g/mol. The van der Waals surface area contributed by atoms with Gasteiger partial charge in [0.2, 0.25) is 5.91 Å². The van der Waals surface area contributed by atoms with Gasteiger partial charge in [0.05, 0.1) is 41.9 Å². The SMILES string of the molecule is O=C1[C@H](CC[C@H](O)c2ccc(F)cc2)[C@@H](c2ccc(-c3cccc(O)c3)cc2S(=O)(=O)C[C@@H]2OC(CO)[C@H](O[C@@H]3OC(CO)[C@H](O)[C@H](O)C3O)[C@H](O)C2O)N1c1ccccc1. The molecule has 0 radical (unpaired) electrons. The van der Waals surface area contributed by atoms with Gasteiger partial charge in [-0.2, -0.15) is 0 Å². The monoisotopic (exact) mass is 869 g/mol. The van der Waals surface area contributed by atoms with Gasteiger partial charge < -0.3 is 65.1 Å². The smallest absolute Gasteiger partial charge is 0.233 e. The van der Waals surface area contributed by atoms with Crippen molar-refractivity contribution in [2.24, 2.45) is 5.92 Å². The van der Waals surface area contributed by atoms with Crippen LogP contribution in [0.5, 0.6) is 5.75 Å². The predicted molar refractivity (Wildman–Crippen MR) is 213 cm³/mol. The lowest BCUT2D eigenvalue weighted by atomic mass is 9.78. The summed E-state index contributed by atoms with van der Waals surface area (Å²) in [6.07, 6.45) is -18.4. The lowest BCUT2D eigenvalue weighted by Crippen LogP contribution is -2.65. The van der Waals surface area contributed by atoms with Gasteiger partial charge in [0.25, 0.3) is 0 Å². The minimum Gasteiger partial charge on any atom is -0.508 e. The second kappa shape index (κ2) is 18.5. The van der Waals surface area contributed by atoms with Crippen molar-refractivity contribution in [3.8, 4) is 16.9 Å². The van der Waals surface area contributed by atoms with Crippen molar-refractivity contribution in [1.82, 2.24) is 0 Å². The molecule has 4 aromatic carbocycles. The van der Waals surface area contributed by atoms with Gasteiger partial charge in [-0.25, -0.2) is 12.8 Å². The number of benzene rings is 4. The van der Waals surface area contributed by atoms with Crippen LogP contribution in [0.3, 0.4) is 0 Å². The number of β-lactam (4-membered cyclic amide) rings is 1. The summed E-state index contributed by atoms with van der Waals surface area (Å²) in [5.74, 6) is -2.72. The number of sulfone groups is 1. The van der Waals surface area contributed by atoms with Gasteiger partial charge in [-0.3, -0.25) is 4.79 Å². The Bertz CT molecular complexity index is 2250. The summed E-state index contributed by atoms with van der Waals surface area (Å²) in [6, 6.07) is 23.6. The first-order valence-corrected chi connectivity index (χ1v) is 21.3. The van der Waals surface area contributed by atoms with Crippen LogP contribution in [0.25, 0.3) is 11.1 Å². The quantitative estimate of drug-likeness (QED) is 0.0796. The third kappa shape index (κ3) is 9.08. The van der Waals surface area contributed by atoms with Gasteiger partial charge in [0.1, 0.15) is 66.5 Å². The molecule has 0 spiro atoms. The Hall–Kier alpha value is -4.41. The second-order valence-electron chi connectivity index (χ2n) is 15.5. The third-order valence-corrected chi connectivity index (χ3v) is 13.4. The molecule has 4 aromatic rings. The van der Waals surface area contributed by atoms with E-state index in [1.165, 1.54) is 47.4 Å². The van der Waals surface area contributed by atoms with Crippen molar-refractivity contribution in [3.05, 3.63) is 114 Å². The zero-order valence-corrected chi connectivity index (χ0v) is 33.3. The topological polar surface area (TPSA) is 264 Å². The lowest BCUT2D eigenvalue weighted by molar-refractivity contribution is -0.341. The molecule has 0 aliphatic carbocycles. The summed E-state index contributed by atoms with van der Waals surface area (Å²) in [4.78, 5) is 15.2. The van der Waals surface area contributed by atoms with Gasteiger partial charge in [-0.05, 0) is 77.6 Å². The highest BCUT2D eigenvalue weighted by Gasteiger charge is 2.53. The normalized spacial score (nSPS) is 31.1. The number of amides is 1. The van der Waals surface area contributed by atoms with Crippen molar-refractivity contribution in [3.63, 3.8) is 0 Å². The molecular weight excluding hydrogens is 822 g/mol. The Morgan fingerprint density at radius 1 is 0.738 bits per heavy atom. The van der Waals surface area contributed by atoms with E-state index < -0.39 is 114 Å². The fourth-order valence-electron chi connectivity index (χ4n) is 8.27. The molecule has 3 fully saturated rings. The van der Waals surface area contributed by atoms with E-state index in [2.05, 4.69) is 0 Å². The van der Waals surface area contributed by atoms with E-state index in [0.29, 0.717) is 22.4 Å². The minimum atomic E-state index is -4.60. The number of phenolic OH excluding ortho intramolecular Hbond substituents is 1. The van der Waals surface area contributed by atoms with Crippen molar-refractivity contribution < 1.29 is 77.8 Å². The predicted octanol–water partition coefficient (Wildman–Crippen LogP) is 0.856. The van der Waals surface area contributed by atoms with Crippen LogP contribution in [0.2, 0.25) is 0 Å². The largest absolute Gasteiger partial charge is 0.508 e. The number of halogens is 1. The Labute approximate surface area is 350 Å². The maximum Gasteiger partial charge on any atom is 0.233 e. The number of ether oxygens (including phenoxy) is 3. The van der Waals surface area contributed by atoms with Crippen molar-refractivity contribution in [2.45, 2.75) is 91.1 Å². The number of nitrogens with zero attached hydrogens (tertiary/aromatic N) is 1. The third-order valence-electron chi connectivity index (χ3n) is 11.6. The van der Waals surface area contributed by atoms with Gasteiger partial charge in [0, 0.05) is 5.69 Å². The molecule has 328 valence electrons. The molecule has 1 amide bonds. The standard InChI is InChI=1S/C43H48FNO15S/c44-25-12-9-22(10-13-25)30(49)16-15-29-35(45(42(29)55)26-6-2-1-3-7-26)28-14-11-24(23-5-4-8-27(48)17-23)18-34(28)61(56,57)21-33-37(51)39(53)41(32(20-47)58-33)60-43-40(54)38(52)36(50)31(19-46)59-43/h1-14,17-18,29-33,35-41,43,46-54H,15-16,19-21H2/t29-,30+,31?,32?,33+,35-,36+,37?,38+,39-,40?,41+,43+/m1/s1. The summed E-state index contributed by atoms with van der Waals surface area (Å²) in [5, 5.41) is 94.8. The van der Waals surface area contributed by atoms with E-state index in [1.807, 2.05) is 0 Å². The number of carbonyl (C=O) groups is 1. The van der Waals surface area contributed by atoms with E-state index in [1.54, 1.807) is 54.6 Å². The molecule has 13 atom stereocenters. The molecule has 3 heterocycles. The number of aliphatic hydroxyl groups excluding tert-OH is 8. The summed E-state index contributed by atoms with van der Waals surface area (Å²) >= 11 is 0. The second-order valence-corrected chi connectivity index (χ2v) is 17.5. The summed E-state index contributed by atoms with van der Waals surface area (Å²) in [6.45, 7) is -1.67. The highest BCUT2D eigenvalue weighted by atomic mass is 32.2. The Morgan fingerprint density at radius 3 is 2.08 bits per heavy atom. The maximum absolute atomic E-state index is 14.8. The van der Waals surface area contributed by atoms with Crippen LogP contribution in [0.4, 0.5) is 10.1 Å². The van der Waals surface area contributed by atoms with Crippen LogP contribution in [0.15, 0.2) is 102 Å². The highest BCUT2D eigenvalue weighted by molar-refractivity contribution is 7.91.